The number of esters is 1. The first-order valence-corrected chi connectivity index (χ1v) is 5.68. The molecule has 0 amide bonds. The summed E-state index contributed by atoms with van der Waals surface area (Å²) in [7, 11) is 1.28. The van der Waals surface area contributed by atoms with Crippen molar-refractivity contribution in [3.63, 3.8) is 0 Å². The van der Waals surface area contributed by atoms with Crippen LogP contribution in [0.1, 0.15) is 31.2 Å². The topological polar surface area (TPSA) is 46.5 Å². The molecule has 0 saturated heterocycles. The first kappa shape index (κ1) is 13.5. The summed E-state index contributed by atoms with van der Waals surface area (Å²) < 4.78 is 17.6. The summed E-state index contributed by atoms with van der Waals surface area (Å²) in [6, 6.07) is 4.32. The van der Waals surface area contributed by atoms with Crippen molar-refractivity contribution in [3.05, 3.63) is 29.6 Å². The average molecular weight is 240 g/mol. The number of carbonyl (C=O) groups is 1. The summed E-state index contributed by atoms with van der Waals surface area (Å²) >= 11 is 0. The number of methoxy groups -OCH3 is 1. The zero-order chi connectivity index (χ0) is 12.7. The van der Waals surface area contributed by atoms with E-state index in [2.05, 4.69) is 4.74 Å². The lowest BCUT2D eigenvalue weighted by Crippen LogP contribution is -2.03. The molecule has 2 rings (SSSR count). The highest BCUT2D eigenvalue weighted by molar-refractivity contribution is 5.69. The zero-order valence-electron chi connectivity index (χ0n) is 9.91. The van der Waals surface area contributed by atoms with Gasteiger partial charge in [0.2, 0.25) is 0 Å². The number of benzene rings is 1. The van der Waals surface area contributed by atoms with Crippen molar-refractivity contribution in [2.45, 2.75) is 32.1 Å². The Morgan fingerprint density at radius 2 is 2.06 bits per heavy atom. The van der Waals surface area contributed by atoms with Crippen LogP contribution in [0, 0.1) is 5.82 Å². The molecule has 1 aromatic rings. The summed E-state index contributed by atoms with van der Waals surface area (Å²) in [6.07, 6.45) is 4.84. The SMILES string of the molecule is C1CC1.COC(=O)CCc1cccc(O)c1F. The number of phenols is 1. The van der Waals surface area contributed by atoms with E-state index in [-0.39, 0.29) is 12.8 Å². The molecule has 0 heterocycles. The van der Waals surface area contributed by atoms with Gasteiger partial charge in [-0.05, 0) is 18.1 Å². The van der Waals surface area contributed by atoms with E-state index < -0.39 is 17.5 Å². The van der Waals surface area contributed by atoms with Crippen molar-refractivity contribution in [2.24, 2.45) is 0 Å². The summed E-state index contributed by atoms with van der Waals surface area (Å²) in [5, 5.41) is 9.03. The molecule has 0 spiro atoms. The molecule has 0 atom stereocenters. The Bertz CT molecular complexity index is 372. The van der Waals surface area contributed by atoms with Gasteiger partial charge in [0.05, 0.1) is 7.11 Å². The molecule has 1 aliphatic carbocycles. The Morgan fingerprint density at radius 1 is 1.41 bits per heavy atom. The fourth-order valence-electron chi connectivity index (χ4n) is 1.10. The number of aryl methyl sites for hydroxylation is 1. The van der Waals surface area contributed by atoms with Crippen molar-refractivity contribution in [2.75, 3.05) is 7.11 Å². The lowest BCUT2D eigenvalue weighted by molar-refractivity contribution is -0.140. The van der Waals surface area contributed by atoms with Crippen LogP contribution in [-0.2, 0) is 16.0 Å². The van der Waals surface area contributed by atoms with Crippen LogP contribution < -0.4 is 0 Å². The van der Waals surface area contributed by atoms with Crippen LogP contribution in [-0.4, -0.2) is 18.2 Å². The second kappa shape index (κ2) is 6.89. The summed E-state index contributed by atoms with van der Waals surface area (Å²) in [6.45, 7) is 0. The predicted octanol–water partition coefficient (Wildman–Crippen LogP) is 2.81. The lowest BCUT2D eigenvalue weighted by atomic mass is 10.1. The highest BCUT2D eigenvalue weighted by Gasteiger charge is 2.08. The van der Waals surface area contributed by atoms with Gasteiger partial charge in [-0.2, -0.15) is 0 Å². The number of carbonyl (C=O) groups excluding carboxylic acids is 1. The summed E-state index contributed by atoms with van der Waals surface area (Å²) in [5.41, 5.74) is 0.315. The molecule has 1 saturated carbocycles. The van der Waals surface area contributed by atoms with Crippen LogP contribution in [0.15, 0.2) is 18.2 Å². The molecular formula is C13H17FO3. The molecule has 4 heteroatoms. The average Bonchev–Trinajstić information content (AvgIpc) is 3.18. The third kappa shape index (κ3) is 5.33. The first-order chi connectivity index (χ1) is 8.15. The van der Waals surface area contributed by atoms with Gasteiger partial charge in [-0.25, -0.2) is 4.39 Å². The molecule has 17 heavy (non-hydrogen) atoms. The third-order valence-electron chi connectivity index (χ3n) is 2.24. The van der Waals surface area contributed by atoms with E-state index in [1.165, 1.54) is 44.6 Å². The van der Waals surface area contributed by atoms with Gasteiger partial charge in [-0.1, -0.05) is 31.4 Å². The van der Waals surface area contributed by atoms with E-state index in [1.807, 2.05) is 0 Å². The van der Waals surface area contributed by atoms with Gasteiger partial charge in [0.15, 0.2) is 11.6 Å². The smallest absolute Gasteiger partial charge is 0.305 e. The number of halogens is 1. The van der Waals surface area contributed by atoms with Gasteiger partial charge in [0, 0.05) is 6.42 Å². The minimum Gasteiger partial charge on any atom is -0.505 e. The lowest BCUT2D eigenvalue weighted by Gasteiger charge is -2.03. The van der Waals surface area contributed by atoms with E-state index in [0.29, 0.717) is 5.56 Å². The second-order valence-corrected chi connectivity index (χ2v) is 3.89. The number of phenolic OH excluding ortho intramolecular Hbond substituents is 1. The summed E-state index contributed by atoms with van der Waals surface area (Å²) in [5.74, 6) is -1.46. The Kier molecular flexibility index (Phi) is 5.46. The number of aromatic hydroxyl groups is 1. The quantitative estimate of drug-likeness (QED) is 0.826. The maximum Gasteiger partial charge on any atom is 0.305 e. The van der Waals surface area contributed by atoms with Crippen molar-refractivity contribution < 1.29 is 19.0 Å². The van der Waals surface area contributed by atoms with Gasteiger partial charge >= 0.3 is 5.97 Å². The molecule has 3 nitrogen and oxygen atoms in total. The predicted molar refractivity (Wildman–Crippen MR) is 62.3 cm³/mol. The molecule has 0 unspecified atom stereocenters. The molecule has 0 radical (unpaired) electrons. The Balaban J connectivity index is 0.000000415. The number of ether oxygens (including phenoxy) is 1. The van der Waals surface area contributed by atoms with Gasteiger partial charge in [-0.15, -0.1) is 0 Å². The van der Waals surface area contributed by atoms with Crippen molar-refractivity contribution in [1.29, 1.82) is 0 Å². The van der Waals surface area contributed by atoms with E-state index >= 15 is 0 Å². The van der Waals surface area contributed by atoms with Gasteiger partial charge < -0.3 is 9.84 Å². The van der Waals surface area contributed by atoms with Crippen LogP contribution in [0.4, 0.5) is 4.39 Å². The highest BCUT2D eigenvalue weighted by atomic mass is 19.1. The fraction of sp³-hybridized carbons (Fsp3) is 0.462. The fourth-order valence-corrected chi connectivity index (χ4v) is 1.10. The number of hydrogen-bond acceptors (Lipinski definition) is 3. The summed E-state index contributed by atoms with van der Waals surface area (Å²) in [4.78, 5) is 10.8. The van der Waals surface area contributed by atoms with Crippen LogP contribution in [0.5, 0.6) is 5.75 Å². The number of hydrogen-bond donors (Lipinski definition) is 1. The van der Waals surface area contributed by atoms with Crippen molar-refractivity contribution in [3.8, 4) is 5.75 Å². The molecule has 1 aromatic carbocycles. The maximum atomic E-state index is 13.2. The Hall–Kier alpha value is -1.58. The highest BCUT2D eigenvalue weighted by Crippen LogP contribution is 2.19. The van der Waals surface area contributed by atoms with E-state index in [1.54, 1.807) is 0 Å². The molecular weight excluding hydrogens is 223 g/mol. The minimum absolute atomic E-state index is 0.108. The molecule has 0 aromatic heterocycles. The van der Waals surface area contributed by atoms with E-state index in [0.717, 1.165) is 0 Å². The molecule has 1 N–H and O–H groups in total. The minimum atomic E-state index is -0.670. The monoisotopic (exact) mass is 240 g/mol. The largest absolute Gasteiger partial charge is 0.505 e. The number of rotatable bonds is 3. The third-order valence-corrected chi connectivity index (χ3v) is 2.24. The molecule has 0 bridgehead atoms. The van der Waals surface area contributed by atoms with E-state index in [9.17, 15) is 9.18 Å². The van der Waals surface area contributed by atoms with Crippen molar-refractivity contribution in [1.82, 2.24) is 0 Å². The zero-order valence-corrected chi connectivity index (χ0v) is 9.91. The van der Waals surface area contributed by atoms with Crippen LogP contribution in [0.2, 0.25) is 0 Å². The van der Waals surface area contributed by atoms with Gasteiger partial charge in [0.25, 0.3) is 0 Å². The molecule has 1 fully saturated rings. The molecule has 94 valence electrons. The van der Waals surface area contributed by atoms with Crippen LogP contribution in [0.3, 0.4) is 0 Å². The van der Waals surface area contributed by atoms with Crippen LogP contribution in [0.25, 0.3) is 0 Å². The second-order valence-electron chi connectivity index (χ2n) is 3.89. The van der Waals surface area contributed by atoms with Gasteiger partial charge in [-0.3, -0.25) is 4.79 Å². The molecule has 1 aliphatic rings. The maximum absolute atomic E-state index is 13.2. The first-order valence-electron chi connectivity index (χ1n) is 5.68. The van der Waals surface area contributed by atoms with Crippen LogP contribution >= 0.6 is 0 Å². The van der Waals surface area contributed by atoms with E-state index in [4.69, 9.17) is 5.11 Å². The standard InChI is InChI=1S/C10H11FO3.C3H6/c1-14-9(13)6-5-7-3-2-4-8(12)10(7)11;1-2-3-1/h2-4,12H,5-6H2,1H3;1-3H2. The van der Waals surface area contributed by atoms with Crippen molar-refractivity contribution >= 4 is 5.97 Å². The Labute approximate surface area is 100 Å². The Morgan fingerprint density at radius 3 is 2.59 bits per heavy atom. The molecule has 0 aliphatic heterocycles. The normalized spacial score (nSPS) is 12.4. The van der Waals surface area contributed by atoms with Gasteiger partial charge in [0.1, 0.15) is 0 Å².